The molecular weight excluding hydrogens is 343 g/mol. The van der Waals surface area contributed by atoms with E-state index >= 15 is 0 Å². The number of aromatic amines is 1. The molecule has 1 aliphatic carbocycles. The van der Waals surface area contributed by atoms with E-state index < -0.39 is 0 Å². The maximum absolute atomic E-state index is 13.6. The Morgan fingerprint density at radius 1 is 1.22 bits per heavy atom. The highest BCUT2D eigenvalue weighted by molar-refractivity contribution is 5.62. The lowest BCUT2D eigenvalue weighted by Crippen LogP contribution is -2.53. The lowest BCUT2D eigenvalue weighted by atomic mass is 10.0. The van der Waals surface area contributed by atoms with Gasteiger partial charge in [0, 0.05) is 50.4 Å². The Kier molecular flexibility index (Phi) is 4.50. The fraction of sp³-hybridized carbons (Fsp3) is 0.571. The summed E-state index contributed by atoms with van der Waals surface area (Å²) in [6.07, 6.45) is 5.76. The Morgan fingerprint density at radius 2 is 2.11 bits per heavy atom. The number of likely N-dealkylation sites (tertiary alicyclic amines) is 1. The second-order valence-corrected chi connectivity index (χ2v) is 8.45. The maximum atomic E-state index is 13.6. The van der Waals surface area contributed by atoms with Gasteiger partial charge < -0.3 is 4.74 Å². The second-order valence-electron chi connectivity index (χ2n) is 8.45. The number of ether oxygens (including phenoxy) is 1. The van der Waals surface area contributed by atoms with Gasteiger partial charge in [-0.25, -0.2) is 4.39 Å². The number of hydrogen-bond donors (Lipinski definition) is 1. The third-order valence-corrected chi connectivity index (χ3v) is 6.16. The monoisotopic (exact) mass is 370 g/mol. The Labute approximate surface area is 159 Å². The van der Waals surface area contributed by atoms with Crippen molar-refractivity contribution >= 4 is 0 Å². The quantitative estimate of drug-likeness (QED) is 0.879. The molecule has 6 heteroatoms. The number of H-pyrrole nitrogens is 1. The van der Waals surface area contributed by atoms with E-state index in [4.69, 9.17) is 4.74 Å². The van der Waals surface area contributed by atoms with Gasteiger partial charge in [0.15, 0.2) is 0 Å². The fourth-order valence-electron chi connectivity index (χ4n) is 4.62. The Hall–Kier alpha value is -1.76. The molecule has 3 aliphatic rings. The molecule has 2 saturated heterocycles. The molecule has 1 saturated carbocycles. The van der Waals surface area contributed by atoms with Crippen LogP contribution in [0.4, 0.5) is 4.39 Å². The predicted octanol–water partition coefficient (Wildman–Crippen LogP) is 2.90. The number of rotatable bonds is 5. The molecule has 1 atom stereocenters. The SMILES string of the molecule is Fc1cccc(-c2[nH]ncc2CN2CCC3(C2)CN(CC2CC2)CCO3)c1. The zero-order valence-corrected chi connectivity index (χ0v) is 15.7. The lowest BCUT2D eigenvalue weighted by molar-refractivity contribution is -0.102. The van der Waals surface area contributed by atoms with E-state index in [9.17, 15) is 4.39 Å². The van der Waals surface area contributed by atoms with Crippen molar-refractivity contribution in [2.75, 3.05) is 39.3 Å². The first-order valence-electron chi connectivity index (χ1n) is 10.1. The predicted molar refractivity (Wildman–Crippen MR) is 102 cm³/mol. The zero-order valence-electron chi connectivity index (χ0n) is 15.7. The molecule has 1 spiro atoms. The fourth-order valence-corrected chi connectivity index (χ4v) is 4.62. The maximum Gasteiger partial charge on any atom is 0.123 e. The smallest absolute Gasteiger partial charge is 0.123 e. The standard InChI is InChI=1S/C21H27FN4O/c22-19-3-1-2-17(10-19)20-18(11-23-24-20)13-25-7-6-21(14-25)15-26(8-9-27-21)12-16-4-5-16/h1-3,10-11,16H,4-9,12-15H2,(H,23,24). The van der Waals surface area contributed by atoms with Gasteiger partial charge in [-0.05, 0) is 37.3 Å². The minimum Gasteiger partial charge on any atom is -0.371 e. The number of aromatic nitrogens is 2. The molecule has 3 heterocycles. The van der Waals surface area contributed by atoms with Crippen LogP contribution in [0.15, 0.2) is 30.5 Å². The number of halogens is 1. The first kappa shape index (κ1) is 17.3. The van der Waals surface area contributed by atoms with Crippen molar-refractivity contribution in [2.24, 2.45) is 5.92 Å². The van der Waals surface area contributed by atoms with E-state index in [2.05, 4.69) is 20.0 Å². The molecule has 0 bridgehead atoms. The van der Waals surface area contributed by atoms with Crippen molar-refractivity contribution in [1.29, 1.82) is 0 Å². The summed E-state index contributed by atoms with van der Waals surface area (Å²) in [5.41, 5.74) is 2.86. The number of hydrogen-bond acceptors (Lipinski definition) is 4. The van der Waals surface area contributed by atoms with Gasteiger partial charge in [-0.3, -0.25) is 14.9 Å². The molecule has 5 nitrogen and oxygen atoms in total. The van der Waals surface area contributed by atoms with Crippen molar-refractivity contribution in [3.05, 3.63) is 41.8 Å². The zero-order chi connectivity index (χ0) is 18.3. The van der Waals surface area contributed by atoms with Gasteiger partial charge in [-0.15, -0.1) is 0 Å². The molecular formula is C21H27FN4O. The van der Waals surface area contributed by atoms with E-state index in [0.717, 1.165) is 68.5 Å². The molecule has 0 amide bonds. The van der Waals surface area contributed by atoms with Gasteiger partial charge in [0.2, 0.25) is 0 Å². The molecule has 1 N–H and O–H groups in total. The highest BCUT2D eigenvalue weighted by atomic mass is 19.1. The second kappa shape index (κ2) is 7.00. The number of morpholine rings is 1. The van der Waals surface area contributed by atoms with Crippen LogP contribution in [-0.4, -0.2) is 64.9 Å². The number of nitrogens with one attached hydrogen (secondary N) is 1. The van der Waals surface area contributed by atoms with Crippen LogP contribution < -0.4 is 0 Å². The Balaban J connectivity index is 1.26. The van der Waals surface area contributed by atoms with Crippen LogP contribution in [0.2, 0.25) is 0 Å². The summed E-state index contributed by atoms with van der Waals surface area (Å²) in [5, 5.41) is 7.26. The van der Waals surface area contributed by atoms with E-state index in [1.807, 2.05) is 12.3 Å². The van der Waals surface area contributed by atoms with Gasteiger partial charge in [0.25, 0.3) is 0 Å². The third-order valence-electron chi connectivity index (χ3n) is 6.16. The molecule has 1 unspecified atom stereocenters. The first-order valence-corrected chi connectivity index (χ1v) is 10.1. The van der Waals surface area contributed by atoms with Crippen LogP contribution in [0.25, 0.3) is 11.3 Å². The van der Waals surface area contributed by atoms with Crippen LogP contribution >= 0.6 is 0 Å². The van der Waals surface area contributed by atoms with Gasteiger partial charge in [-0.2, -0.15) is 5.10 Å². The molecule has 2 aromatic rings. The summed E-state index contributed by atoms with van der Waals surface area (Å²) in [6, 6.07) is 6.69. The van der Waals surface area contributed by atoms with Crippen molar-refractivity contribution in [3.8, 4) is 11.3 Å². The lowest BCUT2D eigenvalue weighted by Gasteiger charge is -2.40. The van der Waals surface area contributed by atoms with E-state index in [1.54, 1.807) is 12.1 Å². The molecule has 0 radical (unpaired) electrons. The molecule has 5 rings (SSSR count). The van der Waals surface area contributed by atoms with E-state index in [1.165, 1.54) is 25.5 Å². The third kappa shape index (κ3) is 3.79. The van der Waals surface area contributed by atoms with Crippen LogP contribution in [-0.2, 0) is 11.3 Å². The average Bonchev–Trinajstić information content (AvgIpc) is 3.21. The summed E-state index contributed by atoms with van der Waals surface area (Å²) < 4.78 is 19.9. The van der Waals surface area contributed by atoms with Crippen molar-refractivity contribution in [3.63, 3.8) is 0 Å². The van der Waals surface area contributed by atoms with Crippen molar-refractivity contribution < 1.29 is 9.13 Å². The molecule has 2 aliphatic heterocycles. The molecule has 1 aromatic carbocycles. The number of nitrogens with zero attached hydrogens (tertiary/aromatic N) is 3. The molecule has 144 valence electrons. The first-order chi connectivity index (χ1) is 13.2. The summed E-state index contributed by atoms with van der Waals surface area (Å²) >= 11 is 0. The topological polar surface area (TPSA) is 44.4 Å². The molecule has 27 heavy (non-hydrogen) atoms. The summed E-state index contributed by atoms with van der Waals surface area (Å²) in [7, 11) is 0. The largest absolute Gasteiger partial charge is 0.371 e. The van der Waals surface area contributed by atoms with Crippen LogP contribution in [0.3, 0.4) is 0 Å². The van der Waals surface area contributed by atoms with Crippen molar-refractivity contribution in [1.82, 2.24) is 20.0 Å². The molecule has 1 aromatic heterocycles. The minimum atomic E-state index is -0.223. The minimum absolute atomic E-state index is 0.0180. The highest BCUT2D eigenvalue weighted by Crippen LogP contribution is 2.35. The van der Waals surface area contributed by atoms with Gasteiger partial charge >= 0.3 is 0 Å². The van der Waals surface area contributed by atoms with Gasteiger partial charge in [0.05, 0.1) is 24.1 Å². The highest BCUT2D eigenvalue weighted by Gasteiger charge is 2.43. The summed E-state index contributed by atoms with van der Waals surface area (Å²) in [6.45, 7) is 7.03. The van der Waals surface area contributed by atoms with E-state index in [0.29, 0.717) is 0 Å². The normalized spacial score (nSPS) is 26.9. The van der Waals surface area contributed by atoms with Gasteiger partial charge in [-0.1, -0.05) is 12.1 Å². The summed E-state index contributed by atoms with van der Waals surface area (Å²) in [4.78, 5) is 5.06. The number of benzene rings is 1. The van der Waals surface area contributed by atoms with E-state index in [-0.39, 0.29) is 11.4 Å². The van der Waals surface area contributed by atoms with Crippen LogP contribution in [0.5, 0.6) is 0 Å². The summed E-state index contributed by atoms with van der Waals surface area (Å²) in [5.74, 6) is 0.706. The van der Waals surface area contributed by atoms with Crippen LogP contribution in [0.1, 0.15) is 24.8 Å². The van der Waals surface area contributed by atoms with Crippen molar-refractivity contribution in [2.45, 2.75) is 31.4 Å². The van der Waals surface area contributed by atoms with Crippen LogP contribution in [0, 0.1) is 11.7 Å². The Bertz CT molecular complexity index is 805. The van der Waals surface area contributed by atoms with Gasteiger partial charge in [0.1, 0.15) is 5.82 Å². The average molecular weight is 370 g/mol. The Morgan fingerprint density at radius 3 is 2.96 bits per heavy atom. The molecule has 3 fully saturated rings.